The van der Waals surface area contributed by atoms with Crippen molar-refractivity contribution < 1.29 is 14.3 Å². The summed E-state index contributed by atoms with van der Waals surface area (Å²) in [5.74, 6) is -0.110. The molecule has 0 aliphatic carbocycles. The SMILES string of the molecule is COCCOCCCNC(=O)c1cnn(-c2ccccc2)c1C. The van der Waals surface area contributed by atoms with Crippen LogP contribution in [0.3, 0.4) is 0 Å². The summed E-state index contributed by atoms with van der Waals surface area (Å²) in [4.78, 5) is 12.2. The molecule has 1 amide bonds. The average Bonchev–Trinajstić information content (AvgIpc) is 2.96. The number of ether oxygens (including phenoxy) is 2. The molecule has 0 radical (unpaired) electrons. The van der Waals surface area contributed by atoms with E-state index in [4.69, 9.17) is 9.47 Å². The second-order valence-electron chi connectivity index (χ2n) is 5.11. The number of benzene rings is 1. The van der Waals surface area contributed by atoms with Gasteiger partial charge in [-0.1, -0.05) is 18.2 Å². The molecule has 6 nitrogen and oxygen atoms in total. The molecular formula is C17H23N3O3. The van der Waals surface area contributed by atoms with E-state index in [0.717, 1.165) is 17.8 Å². The molecule has 0 atom stereocenters. The van der Waals surface area contributed by atoms with Gasteiger partial charge in [0.2, 0.25) is 0 Å². The van der Waals surface area contributed by atoms with Crippen LogP contribution in [0.2, 0.25) is 0 Å². The maximum atomic E-state index is 12.2. The third-order valence-corrected chi connectivity index (χ3v) is 3.44. The molecule has 1 N–H and O–H groups in total. The number of hydrogen-bond donors (Lipinski definition) is 1. The third kappa shape index (κ3) is 4.91. The Hall–Kier alpha value is -2.18. The van der Waals surface area contributed by atoms with Gasteiger partial charge in [-0.2, -0.15) is 5.10 Å². The molecule has 0 bridgehead atoms. The smallest absolute Gasteiger partial charge is 0.254 e. The van der Waals surface area contributed by atoms with Crippen LogP contribution >= 0.6 is 0 Å². The van der Waals surface area contributed by atoms with Gasteiger partial charge in [-0.05, 0) is 25.5 Å². The molecule has 124 valence electrons. The molecule has 0 unspecified atom stereocenters. The first-order valence-electron chi connectivity index (χ1n) is 7.69. The van der Waals surface area contributed by atoms with E-state index in [9.17, 15) is 4.79 Å². The van der Waals surface area contributed by atoms with Crippen molar-refractivity contribution in [2.45, 2.75) is 13.3 Å². The number of hydrogen-bond acceptors (Lipinski definition) is 4. The van der Waals surface area contributed by atoms with Crippen molar-refractivity contribution in [1.82, 2.24) is 15.1 Å². The number of aromatic nitrogens is 2. The maximum Gasteiger partial charge on any atom is 0.254 e. The fourth-order valence-electron chi connectivity index (χ4n) is 2.18. The molecule has 6 heteroatoms. The number of amides is 1. The Kier molecular flexibility index (Phi) is 6.77. The first kappa shape index (κ1) is 17.2. The van der Waals surface area contributed by atoms with Crippen LogP contribution in [0.5, 0.6) is 0 Å². The van der Waals surface area contributed by atoms with E-state index in [0.29, 0.717) is 31.9 Å². The number of nitrogens with zero attached hydrogens (tertiary/aromatic N) is 2. The summed E-state index contributed by atoms with van der Waals surface area (Å²) in [6.45, 7) is 4.23. The van der Waals surface area contributed by atoms with Crippen LogP contribution in [-0.4, -0.2) is 49.2 Å². The molecule has 0 saturated heterocycles. The predicted octanol–water partition coefficient (Wildman–Crippen LogP) is 1.96. The number of para-hydroxylation sites is 1. The van der Waals surface area contributed by atoms with E-state index in [2.05, 4.69) is 10.4 Å². The van der Waals surface area contributed by atoms with Gasteiger partial charge in [0.15, 0.2) is 0 Å². The summed E-state index contributed by atoms with van der Waals surface area (Å²) in [5, 5.41) is 7.19. The zero-order valence-corrected chi connectivity index (χ0v) is 13.6. The lowest BCUT2D eigenvalue weighted by Crippen LogP contribution is -2.25. The number of carbonyl (C=O) groups is 1. The summed E-state index contributed by atoms with van der Waals surface area (Å²) in [6, 6.07) is 9.75. The molecule has 2 aromatic rings. The first-order chi connectivity index (χ1) is 11.2. The number of rotatable bonds is 9. The third-order valence-electron chi connectivity index (χ3n) is 3.44. The number of nitrogens with one attached hydrogen (secondary N) is 1. The Morgan fingerprint density at radius 2 is 2.00 bits per heavy atom. The van der Waals surface area contributed by atoms with E-state index in [1.807, 2.05) is 37.3 Å². The Morgan fingerprint density at radius 3 is 2.74 bits per heavy atom. The second kappa shape index (κ2) is 9.07. The van der Waals surface area contributed by atoms with Crippen LogP contribution in [0.25, 0.3) is 5.69 Å². The van der Waals surface area contributed by atoms with Gasteiger partial charge < -0.3 is 14.8 Å². The fraction of sp³-hybridized carbons (Fsp3) is 0.412. The van der Waals surface area contributed by atoms with Crippen molar-refractivity contribution in [2.24, 2.45) is 0 Å². The van der Waals surface area contributed by atoms with Crippen LogP contribution < -0.4 is 5.32 Å². The minimum Gasteiger partial charge on any atom is -0.382 e. The molecule has 0 aliphatic heterocycles. The largest absolute Gasteiger partial charge is 0.382 e. The molecule has 0 spiro atoms. The molecule has 0 saturated carbocycles. The minimum absolute atomic E-state index is 0.110. The highest BCUT2D eigenvalue weighted by atomic mass is 16.5. The molecular weight excluding hydrogens is 294 g/mol. The normalized spacial score (nSPS) is 10.7. The van der Waals surface area contributed by atoms with Crippen molar-refractivity contribution >= 4 is 5.91 Å². The first-order valence-corrected chi connectivity index (χ1v) is 7.69. The van der Waals surface area contributed by atoms with Gasteiger partial charge in [0.05, 0.1) is 36.4 Å². The highest BCUT2D eigenvalue weighted by molar-refractivity contribution is 5.95. The lowest BCUT2D eigenvalue weighted by molar-refractivity contribution is 0.0688. The summed E-state index contributed by atoms with van der Waals surface area (Å²) in [5.41, 5.74) is 2.36. The second-order valence-corrected chi connectivity index (χ2v) is 5.11. The number of methoxy groups -OCH3 is 1. The monoisotopic (exact) mass is 317 g/mol. The summed E-state index contributed by atoms with van der Waals surface area (Å²) < 4.78 is 12.0. The van der Waals surface area contributed by atoms with Gasteiger partial charge in [0, 0.05) is 20.3 Å². The van der Waals surface area contributed by atoms with Crippen LogP contribution in [0.15, 0.2) is 36.5 Å². The summed E-state index contributed by atoms with van der Waals surface area (Å²) in [6.07, 6.45) is 2.37. The molecule has 1 heterocycles. The summed E-state index contributed by atoms with van der Waals surface area (Å²) in [7, 11) is 1.64. The van der Waals surface area contributed by atoms with Crippen molar-refractivity contribution in [1.29, 1.82) is 0 Å². The minimum atomic E-state index is -0.110. The molecule has 2 rings (SSSR count). The molecule has 0 aliphatic rings. The van der Waals surface area contributed by atoms with E-state index >= 15 is 0 Å². The highest BCUT2D eigenvalue weighted by Gasteiger charge is 2.14. The Morgan fingerprint density at radius 1 is 1.22 bits per heavy atom. The topological polar surface area (TPSA) is 65.4 Å². The Labute approximate surface area is 136 Å². The van der Waals surface area contributed by atoms with Gasteiger partial charge in [-0.15, -0.1) is 0 Å². The maximum absolute atomic E-state index is 12.2. The Balaban J connectivity index is 1.83. The Bertz CT molecular complexity index is 611. The van der Waals surface area contributed by atoms with E-state index in [-0.39, 0.29) is 5.91 Å². The molecule has 0 fully saturated rings. The van der Waals surface area contributed by atoms with Gasteiger partial charge in [-0.3, -0.25) is 4.79 Å². The molecule has 1 aromatic heterocycles. The van der Waals surface area contributed by atoms with E-state index in [1.54, 1.807) is 18.0 Å². The molecule has 23 heavy (non-hydrogen) atoms. The van der Waals surface area contributed by atoms with Crippen molar-refractivity contribution in [2.75, 3.05) is 33.5 Å². The standard InChI is InChI=1S/C17H23N3O3/c1-14-16(13-19-20(14)15-7-4-3-5-8-15)17(21)18-9-6-10-23-12-11-22-2/h3-5,7-8,13H,6,9-12H2,1-2H3,(H,18,21). The zero-order chi connectivity index (χ0) is 16.5. The van der Waals surface area contributed by atoms with Crippen molar-refractivity contribution in [3.8, 4) is 5.69 Å². The quantitative estimate of drug-likeness (QED) is 0.718. The van der Waals surface area contributed by atoms with Gasteiger partial charge >= 0.3 is 0 Å². The van der Waals surface area contributed by atoms with Crippen molar-refractivity contribution in [3.63, 3.8) is 0 Å². The van der Waals surface area contributed by atoms with Gasteiger partial charge in [-0.25, -0.2) is 4.68 Å². The van der Waals surface area contributed by atoms with Crippen LogP contribution in [-0.2, 0) is 9.47 Å². The van der Waals surface area contributed by atoms with Crippen LogP contribution in [0.4, 0.5) is 0 Å². The average molecular weight is 317 g/mol. The zero-order valence-electron chi connectivity index (χ0n) is 13.6. The van der Waals surface area contributed by atoms with Crippen LogP contribution in [0, 0.1) is 6.92 Å². The lowest BCUT2D eigenvalue weighted by atomic mass is 10.2. The molecule has 1 aromatic carbocycles. The predicted molar refractivity (Wildman–Crippen MR) is 87.9 cm³/mol. The fourth-order valence-corrected chi connectivity index (χ4v) is 2.18. The van der Waals surface area contributed by atoms with Crippen molar-refractivity contribution in [3.05, 3.63) is 47.8 Å². The highest BCUT2D eigenvalue weighted by Crippen LogP contribution is 2.13. The lowest BCUT2D eigenvalue weighted by Gasteiger charge is -2.07. The van der Waals surface area contributed by atoms with Crippen LogP contribution in [0.1, 0.15) is 22.5 Å². The van der Waals surface area contributed by atoms with E-state index in [1.165, 1.54) is 0 Å². The van der Waals surface area contributed by atoms with Gasteiger partial charge in [0.25, 0.3) is 5.91 Å². The van der Waals surface area contributed by atoms with E-state index < -0.39 is 0 Å². The number of carbonyl (C=O) groups excluding carboxylic acids is 1. The van der Waals surface area contributed by atoms with Gasteiger partial charge in [0.1, 0.15) is 0 Å². The summed E-state index contributed by atoms with van der Waals surface area (Å²) >= 11 is 0.